The van der Waals surface area contributed by atoms with Crippen molar-refractivity contribution in [3.8, 4) is 5.75 Å². The fraction of sp³-hybridized carbons (Fsp3) is 0.571. The van der Waals surface area contributed by atoms with Gasteiger partial charge in [-0.3, -0.25) is 0 Å². The smallest absolute Gasteiger partial charge is 0.126 e. The summed E-state index contributed by atoms with van der Waals surface area (Å²) in [5, 5.41) is 19.2. The van der Waals surface area contributed by atoms with Crippen molar-refractivity contribution in [2.45, 2.75) is 32.5 Å². The van der Waals surface area contributed by atoms with Gasteiger partial charge in [0.1, 0.15) is 5.75 Å². The summed E-state index contributed by atoms with van der Waals surface area (Å²) in [4.78, 5) is 2.03. The van der Waals surface area contributed by atoms with Gasteiger partial charge in [0.2, 0.25) is 0 Å². The van der Waals surface area contributed by atoms with E-state index in [4.69, 9.17) is 4.74 Å². The molecule has 1 rings (SSSR count). The molecule has 1 aromatic rings. The molecule has 0 spiro atoms. The predicted molar refractivity (Wildman–Crippen MR) is 73.2 cm³/mol. The van der Waals surface area contributed by atoms with Crippen molar-refractivity contribution in [2.75, 3.05) is 25.6 Å². The molecule has 0 saturated heterocycles. The third-order valence-corrected chi connectivity index (χ3v) is 2.97. The van der Waals surface area contributed by atoms with Gasteiger partial charge in [-0.1, -0.05) is 6.07 Å². The zero-order valence-electron chi connectivity index (χ0n) is 11.6. The number of hydrogen-bond acceptors (Lipinski definition) is 4. The third kappa shape index (κ3) is 3.62. The van der Waals surface area contributed by atoms with Gasteiger partial charge in [0, 0.05) is 24.8 Å². The maximum Gasteiger partial charge on any atom is 0.126 e. The minimum absolute atomic E-state index is 0.326. The molecule has 0 aliphatic carbocycles. The number of ether oxygens (including phenoxy) is 1. The second kappa shape index (κ2) is 6.61. The summed E-state index contributed by atoms with van der Waals surface area (Å²) in [5.41, 5.74) is 1.72. The molecule has 2 atom stereocenters. The molecule has 0 amide bonds. The van der Waals surface area contributed by atoms with Crippen LogP contribution in [0.5, 0.6) is 5.75 Å². The monoisotopic (exact) mass is 253 g/mol. The van der Waals surface area contributed by atoms with E-state index >= 15 is 0 Å². The average Bonchev–Trinajstić information content (AvgIpc) is 2.34. The molecule has 2 N–H and O–H groups in total. The van der Waals surface area contributed by atoms with Gasteiger partial charge < -0.3 is 19.8 Å². The van der Waals surface area contributed by atoms with Gasteiger partial charge in [0.15, 0.2) is 0 Å². The molecule has 0 aliphatic heterocycles. The van der Waals surface area contributed by atoms with Gasteiger partial charge in [0.25, 0.3) is 0 Å². The summed E-state index contributed by atoms with van der Waals surface area (Å²) in [6.45, 7) is 4.23. The van der Waals surface area contributed by atoms with Crippen molar-refractivity contribution in [3.05, 3.63) is 23.8 Å². The number of methoxy groups -OCH3 is 1. The van der Waals surface area contributed by atoms with Gasteiger partial charge in [-0.2, -0.15) is 0 Å². The molecule has 1 unspecified atom stereocenters. The molecule has 0 heterocycles. The van der Waals surface area contributed by atoms with E-state index in [9.17, 15) is 10.2 Å². The maximum atomic E-state index is 9.89. The van der Waals surface area contributed by atoms with E-state index in [1.807, 2.05) is 30.1 Å². The van der Waals surface area contributed by atoms with Crippen LogP contribution in [0, 0.1) is 0 Å². The van der Waals surface area contributed by atoms with Crippen LogP contribution in [0.1, 0.15) is 31.9 Å². The Bertz CT molecular complexity index is 377. The van der Waals surface area contributed by atoms with Crippen molar-refractivity contribution >= 4 is 5.69 Å². The SMILES string of the molecule is COc1cccc(N(C)CCC(C)O)c1[C@H](C)O. The van der Waals surface area contributed by atoms with E-state index < -0.39 is 6.10 Å². The topological polar surface area (TPSA) is 52.9 Å². The number of anilines is 1. The first-order chi connectivity index (χ1) is 8.47. The van der Waals surface area contributed by atoms with Crippen molar-refractivity contribution in [2.24, 2.45) is 0 Å². The standard InChI is InChI=1S/C14H23NO3/c1-10(16)8-9-15(3)12-6-5-7-13(18-4)14(12)11(2)17/h5-7,10-11,16-17H,8-9H2,1-4H3/t10?,11-/m0/s1. The Kier molecular flexibility index (Phi) is 5.44. The Balaban J connectivity index is 2.99. The number of nitrogens with zero attached hydrogens (tertiary/aromatic N) is 1. The minimum atomic E-state index is -0.592. The second-order valence-corrected chi connectivity index (χ2v) is 4.63. The highest BCUT2D eigenvalue weighted by molar-refractivity contribution is 5.60. The highest BCUT2D eigenvalue weighted by Gasteiger charge is 2.16. The molecule has 18 heavy (non-hydrogen) atoms. The zero-order valence-corrected chi connectivity index (χ0v) is 11.6. The van der Waals surface area contributed by atoms with Crippen LogP contribution in [0.2, 0.25) is 0 Å². The number of rotatable bonds is 6. The lowest BCUT2D eigenvalue weighted by molar-refractivity contribution is 0.186. The van der Waals surface area contributed by atoms with Crippen LogP contribution in [-0.2, 0) is 0 Å². The molecule has 0 aliphatic rings. The van der Waals surface area contributed by atoms with E-state index in [2.05, 4.69) is 0 Å². The largest absolute Gasteiger partial charge is 0.496 e. The van der Waals surface area contributed by atoms with Crippen LogP contribution in [0.3, 0.4) is 0 Å². The van der Waals surface area contributed by atoms with Crippen molar-refractivity contribution in [3.63, 3.8) is 0 Å². The Labute approximate surface area is 109 Å². The molecule has 0 bridgehead atoms. The lowest BCUT2D eigenvalue weighted by Crippen LogP contribution is -2.23. The molecular weight excluding hydrogens is 230 g/mol. The zero-order chi connectivity index (χ0) is 13.7. The highest BCUT2D eigenvalue weighted by Crippen LogP contribution is 2.34. The number of benzene rings is 1. The fourth-order valence-electron chi connectivity index (χ4n) is 1.96. The fourth-order valence-corrected chi connectivity index (χ4v) is 1.96. The molecule has 0 radical (unpaired) electrons. The van der Waals surface area contributed by atoms with Crippen LogP contribution in [0.4, 0.5) is 5.69 Å². The molecule has 1 aromatic carbocycles. The van der Waals surface area contributed by atoms with Gasteiger partial charge in [-0.05, 0) is 32.4 Å². The first kappa shape index (κ1) is 14.8. The highest BCUT2D eigenvalue weighted by atomic mass is 16.5. The Hall–Kier alpha value is -1.26. The summed E-state index contributed by atoms with van der Waals surface area (Å²) in [6.07, 6.45) is -0.231. The minimum Gasteiger partial charge on any atom is -0.496 e. The summed E-state index contributed by atoms with van der Waals surface area (Å²) in [6, 6.07) is 5.69. The lowest BCUT2D eigenvalue weighted by atomic mass is 10.1. The molecule has 0 aromatic heterocycles. The third-order valence-electron chi connectivity index (χ3n) is 2.97. The Morgan fingerprint density at radius 3 is 2.44 bits per heavy atom. The van der Waals surface area contributed by atoms with E-state index in [-0.39, 0.29) is 6.10 Å². The average molecular weight is 253 g/mol. The Morgan fingerprint density at radius 1 is 1.28 bits per heavy atom. The molecule has 4 nitrogen and oxygen atoms in total. The number of hydrogen-bond donors (Lipinski definition) is 2. The van der Waals surface area contributed by atoms with Crippen LogP contribution >= 0.6 is 0 Å². The van der Waals surface area contributed by atoms with Crippen LogP contribution in [0.25, 0.3) is 0 Å². The van der Waals surface area contributed by atoms with Crippen molar-refractivity contribution in [1.82, 2.24) is 0 Å². The van der Waals surface area contributed by atoms with Crippen LogP contribution in [-0.4, -0.2) is 37.0 Å². The maximum absolute atomic E-state index is 9.89. The summed E-state index contributed by atoms with van der Waals surface area (Å²) in [5.74, 6) is 0.686. The Morgan fingerprint density at radius 2 is 1.94 bits per heavy atom. The summed E-state index contributed by atoms with van der Waals surface area (Å²) < 4.78 is 5.29. The molecule has 0 saturated carbocycles. The van der Waals surface area contributed by atoms with E-state index in [1.165, 1.54) is 0 Å². The number of aliphatic hydroxyl groups is 2. The van der Waals surface area contributed by atoms with Crippen LogP contribution in [0.15, 0.2) is 18.2 Å². The van der Waals surface area contributed by atoms with E-state index in [0.717, 1.165) is 17.8 Å². The van der Waals surface area contributed by atoms with Crippen molar-refractivity contribution in [1.29, 1.82) is 0 Å². The molecule has 4 heteroatoms. The summed E-state index contributed by atoms with van der Waals surface area (Å²) in [7, 11) is 3.55. The molecule has 102 valence electrons. The first-order valence-electron chi connectivity index (χ1n) is 6.21. The second-order valence-electron chi connectivity index (χ2n) is 4.63. The van der Waals surface area contributed by atoms with Gasteiger partial charge in [-0.25, -0.2) is 0 Å². The van der Waals surface area contributed by atoms with Gasteiger partial charge >= 0.3 is 0 Å². The molecule has 0 fully saturated rings. The van der Waals surface area contributed by atoms with E-state index in [1.54, 1.807) is 21.0 Å². The summed E-state index contributed by atoms with van der Waals surface area (Å²) >= 11 is 0. The molecular formula is C14H23NO3. The van der Waals surface area contributed by atoms with E-state index in [0.29, 0.717) is 12.2 Å². The van der Waals surface area contributed by atoms with Gasteiger partial charge in [0.05, 0.1) is 19.3 Å². The predicted octanol–water partition coefficient (Wildman–Crippen LogP) is 1.96. The van der Waals surface area contributed by atoms with Crippen molar-refractivity contribution < 1.29 is 14.9 Å². The van der Waals surface area contributed by atoms with Gasteiger partial charge in [-0.15, -0.1) is 0 Å². The number of aliphatic hydroxyl groups excluding tert-OH is 2. The quantitative estimate of drug-likeness (QED) is 0.813. The van der Waals surface area contributed by atoms with Crippen LogP contribution < -0.4 is 9.64 Å². The normalized spacial score (nSPS) is 14.1. The lowest BCUT2D eigenvalue weighted by Gasteiger charge is -2.25. The first-order valence-corrected chi connectivity index (χ1v) is 6.21.